The van der Waals surface area contributed by atoms with Crippen LogP contribution in [-0.4, -0.2) is 63.5 Å². The van der Waals surface area contributed by atoms with Gasteiger partial charge in [0.05, 0.1) is 17.1 Å². The van der Waals surface area contributed by atoms with Crippen molar-refractivity contribution in [3.05, 3.63) is 17.4 Å². The van der Waals surface area contributed by atoms with Gasteiger partial charge >= 0.3 is 0 Å². The molecule has 2 N–H and O–H groups in total. The smallest absolute Gasteiger partial charge is 0.244 e. The van der Waals surface area contributed by atoms with Crippen LogP contribution in [0.25, 0.3) is 0 Å². The molecule has 0 spiro atoms. The minimum Gasteiger partial charge on any atom is -0.369 e. The lowest BCUT2D eigenvalue weighted by Gasteiger charge is -2.22. The molecule has 1 fully saturated rings. The molecule has 0 saturated carbocycles. The summed E-state index contributed by atoms with van der Waals surface area (Å²) in [6, 6.07) is 0. The molecule has 1 atom stereocenters. The molecule has 0 unspecified atom stereocenters. The number of nitrogens with zero attached hydrogens (tertiary/aromatic N) is 4. The minimum atomic E-state index is -0.573. The number of halogens is 1. The number of rotatable bonds is 3. The van der Waals surface area contributed by atoms with Crippen LogP contribution in [0.3, 0.4) is 0 Å². The van der Waals surface area contributed by atoms with Crippen LogP contribution in [0.1, 0.15) is 6.92 Å². The van der Waals surface area contributed by atoms with Gasteiger partial charge < -0.3 is 15.5 Å². The molecule has 120 valence electrons. The minimum absolute atomic E-state index is 0.0261. The summed E-state index contributed by atoms with van der Waals surface area (Å²) in [4.78, 5) is 38.5. The SMILES string of the molecule is CC(=O)N1CCN(C(=O)Cn2cc(Cl)cn2)C[C@H](C(N)=O)C1. The van der Waals surface area contributed by atoms with E-state index >= 15 is 0 Å². The van der Waals surface area contributed by atoms with E-state index in [1.165, 1.54) is 27.6 Å². The van der Waals surface area contributed by atoms with Gasteiger partial charge in [-0.15, -0.1) is 0 Å². The van der Waals surface area contributed by atoms with E-state index in [0.717, 1.165) is 0 Å². The highest BCUT2D eigenvalue weighted by Gasteiger charge is 2.29. The summed E-state index contributed by atoms with van der Waals surface area (Å²) in [5, 5.41) is 4.40. The Kier molecular flexibility index (Phi) is 5.02. The van der Waals surface area contributed by atoms with Gasteiger partial charge in [0.15, 0.2) is 0 Å². The highest BCUT2D eigenvalue weighted by Crippen LogP contribution is 2.11. The van der Waals surface area contributed by atoms with Crippen molar-refractivity contribution >= 4 is 29.3 Å². The Balaban J connectivity index is 2.07. The molecule has 0 aromatic carbocycles. The normalized spacial score (nSPS) is 18.9. The second-order valence-corrected chi connectivity index (χ2v) is 5.70. The maximum Gasteiger partial charge on any atom is 0.244 e. The third kappa shape index (κ3) is 3.97. The van der Waals surface area contributed by atoms with Crippen LogP contribution in [0.15, 0.2) is 12.4 Å². The Bertz CT molecular complexity index is 588. The number of nitrogens with two attached hydrogens (primary N) is 1. The summed E-state index contributed by atoms with van der Waals surface area (Å²) in [5.41, 5.74) is 5.37. The first-order valence-corrected chi connectivity index (χ1v) is 7.25. The zero-order chi connectivity index (χ0) is 16.3. The van der Waals surface area contributed by atoms with Crippen LogP contribution in [0.5, 0.6) is 0 Å². The zero-order valence-corrected chi connectivity index (χ0v) is 13.0. The molecule has 2 heterocycles. The van der Waals surface area contributed by atoms with Gasteiger partial charge in [0.1, 0.15) is 6.54 Å². The molecule has 1 aliphatic heterocycles. The molecule has 1 saturated heterocycles. The quantitative estimate of drug-likeness (QED) is 0.795. The molecule has 3 amide bonds. The number of aromatic nitrogens is 2. The molecule has 1 aromatic rings. The molecule has 22 heavy (non-hydrogen) atoms. The Morgan fingerprint density at radius 2 is 1.95 bits per heavy atom. The number of amides is 3. The Labute approximate surface area is 132 Å². The molecule has 1 aliphatic rings. The lowest BCUT2D eigenvalue weighted by Crippen LogP contribution is -2.41. The van der Waals surface area contributed by atoms with Crippen molar-refractivity contribution < 1.29 is 14.4 Å². The molecule has 0 aliphatic carbocycles. The van der Waals surface area contributed by atoms with E-state index in [-0.39, 0.29) is 31.4 Å². The molecule has 9 heteroatoms. The van der Waals surface area contributed by atoms with Crippen molar-refractivity contribution in [3.63, 3.8) is 0 Å². The molecule has 0 bridgehead atoms. The first-order valence-electron chi connectivity index (χ1n) is 6.87. The van der Waals surface area contributed by atoms with Gasteiger partial charge in [0.2, 0.25) is 17.7 Å². The monoisotopic (exact) mass is 327 g/mol. The predicted octanol–water partition coefficient (Wildman–Crippen LogP) is -0.671. The summed E-state index contributed by atoms with van der Waals surface area (Å²) >= 11 is 5.76. The summed E-state index contributed by atoms with van der Waals surface area (Å²) < 4.78 is 1.43. The highest BCUT2D eigenvalue weighted by atomic mass is 35.5. The van der Waals surface area contributed by atoms with Gasteiger partial charge in [0.25, 0.3) is 0 Å². The largest absolute Gasteiger partial charge is 0.369 e. The number of hydrogen-bond donors (Lipinski definition) is 1. The standard InChI is InChI=1S/C13H18ClN5O3/c1-9(20)17-2-3-18(6-10(5-17)13(15)22)12(21)8-19-7-11(14)4-16-19/h4,7,10H,2-3,5-6,8H2,1H3,(H2,15,22)/t10-/m1/s1. The van der Waals surface area contributed by atoms with Crippen LogP contribution >= 0.6 is 11.6 Å². The third-order valence-electron chi connectivity index (χ3n) is 3.62. The molecular weight excluding hydrogens is 310 g/mol. The van der Waals surface area contributed by atoms with E-state index in [0.29, 0.717) is 18.1 Å². The number of hydrogen-bond acceptors (Lipinski definition) is 4. The topological polar surface area (TPSA) is 102 Å². The predicted molar refractivity (Wildman–Crippen MR) is 78.8 cm³/mol. The van der Waals surface area contributed by atoms with Gasteiger partial charge in [-0.25, -0.2) is 0 Å². The average Bonchev–Trinajstić information content (AvgIpc) is 2.73. The fourth-order valence-electron chi connectivity index (χ4n) is 2.37. The van der Waals surface area contributed by atoms with Crippen LogP contribution in [0.2, 0.25) is 5.02 Å². The first-order chi connectivity index (χ1) is 10.4. The van der Waals surface area contributed by atoms with Gasteiger partial charge in [-0.1, -0.05) is 11.6 Å². The molecular formula is C13H18ClN5O3. The fraction of sp³-hybridized carbons (Fsp3) is 0.538. The van der Waals surface area contributed by atoms with Crippen molar-refractivity contribution in [3.8, 4) is 0 Å². The second kappa shape index (κ2) is 6.78. The van der Waals surface area contributed by atoms with Gasteiger partial charge in [-0.2, -0.15) is 5.10 Å². The van der Waals surface area contributed by atoms with E-state index in [1.54, 1.807) is 6.20 Å². The van der Waals surface area contributed by atoms with Crippen LogP contribution < -0.4 is 5.73 Å². The number of carbonyl (C=O) groups is 3. The maximum absolute atomic E-state index is 12.3. The fourth-order valence-corrected chi connectivity index (χ4v) is 2.53. The van der Waals surface area contributed by atoms with E-state index in [9.17, 15) is 14.4 Å². The third-order valence-corrected chi connectivity index (χ3v) is 3.82. The Morgan fingerprint density at radius 3 is 2.50 bits per heavy atom. The molecule has 2 rings (SSSR count). The van der Waals surface area contributed by atoms with Gasteiger partial charge in [0, 0.05) is 39.3 Å². The summed E-state index contributed by atoms with van der Waals surface area (Å²) in [6.45, 7) is 2.64. The summed E-state index contributed by atoms with van der Waals surface area (Å²) in [6.07, 6.45) is 2.99. The van der Waals surface area contributed by atoms with Crippen LogP contribution in [0.4, 0.5) is 0 Å². The zero-order valence-electron chi connectivity index (χ0n) is 12.2. The van der Waals surface area contributed by atoms with Crippen LogP contribution in [-0.2, 0) is 20.9 Å². The van der Waals surface area contributed by atoms with E-state index < -0.39 is 11.8 Å². The maximum atomic E-state index is 12.3. The summed E-state index contributed by atoms with van der Waals surface area (Å²) in [7, 11) is 0. The van der Waals surface area contributed by atoms with Crippen molar-refractivity contribution in [1.82, 2.24) is 19.6 Å². The second-order valence-electron chi connectivity index (χ2n) is 5.26. The Morgan fingerprint density at radius 1 is 1.32 bits per heavy atom. The van der Waals surface area contributed by atoms with E-state index in [4.69, 9.17) is 17.3 Å². The first kappa shape index (κ1) is 16.3. The van der Waals surface area contributed by atoms with Gasteiger partial charge in [-0.05, 0) is 0 Å². The molecule has 1 aromatic heterocycles. The summed E-state index contributed by atoms with van der Waals surface area (Å²) in [5.74, 6) is -1.43. The van der Waals surface area contributed by atoms with Crippen molar-refractivity contribution in [2.75, 3.05) is 26.2 Å². The molecule has 8 nitrogen and oxygen atoms in total. The van der Waals surface area contributed by atoms with Crippen molar-refractivity contribution in [2.24, 2.45) is 11.7 Å². The van der Waals surface area contributed by atoms with Gasteiger partial charge in [-0.3, -0.25) is 19.1 Å². The average molecular weight is 328 g/mol. The Hall–Kier alpha value is -2.09. The number of carbonyl (C=O) groups excluding carboxylic acids is 3. The lowest BCUT2D eigenvalue weighted by molar-refractivity contribution is -0.133. The lowest BCUT2D eigenvalue weighted by atomic mass is 10.1. The highest BCUT2D eigenvalue weighted by molar-refractivity contribution is 6.30. The van der Waals surface area contributed by atoms with E-state index in [2.05, 4.69) is 5.10 Å². The van der Waals surface area contributed by atoms with Crippen molar-refractivity contribution in [1.29, 1.82) is 0 Å². The van der Waals surface area contributed by atoms with Crippen LogP contribution in [0, 0.1) is 5.92 Å². The molecule has 0 radical (unpaired) electrons. The van der Waals surface area contributed by atoms with E-state index in [1.807, 2.05) is 0 Å². The number of primary amides is 1. The van der Waals surface area contributed by atoms with Crippen molar-refractivity contribution in [2.45, 2.75) is 13.5 Å².